The van der Waals surface area contributed by atoms with E-state index in [1.807, 2.05) is 25.1 Å². The molecular weight excluding hydrogens is 284 g/mol. The van der Waals surface area contributed by atoms with Gasteiger partial charge in [-0.2, -0.15) is 0 Å². The number of likely N-dealkylation sites (tertiary alicyclic amines) is 1. The summed E-state index contributed by atoms with van der Waals surface area (Å²) in [6, 6.07) is 3.60. The minimum absolute atomic E-state index is 0.136. The van der Waals surface area contributed by atoms with Gasteiger partial charge in [0.05, 0.1) is 24.6 Å². The summed E-state index contributed by atoms with van der Waals surface area (Å²) in [6.07, 6.45) is 6.55. The lowest BCUT2D eigenvalue weighted by atomic mass is 9.77. The van der Waals surface area contributed by atoms with Crippen LogP contribution in [-0.4, -0.2) is 45.1 Å². The van der Waals surface area contributed by atoms with Crippen molar-refractivity contribution in [3.63, 3.8) is 0 Å². The molecule has 1 amide bonds. The van der Waals surface area contributed by atoms with Crippen molar-refractivity contribution in [2.75, 3.05) is 6.54 Å². The van der Waals surface area contributed by atoms with Crippen LogP contribution in [0.15, 0.2) is 36.7 Å². The number of hydrogen-bond acceptors (Lipinski definition) is 4. The topological polar surface area (TPSA) is 79.7 Å². The average Bonchev–Trinajstić information content (AvgIpc) is 3.15. The Morgan fingerprint density at radius 2 is 2.23 bits per heavy atom. The summed E-state index contributed by atoms with van der Waals surface area (Å²) in [4.78, 5) is 30.1. The Balaban J connectivity index is 1.68. The second-order valence-corrected chi connectivity index (χ2v) is 6.16. The van der Waals surface area contributed by atoms with Gasteiger partial charge in [-0.1, -0.05) is 12.2 Å². The summed E-state index contributed by atoms with van der Waals surface area (Å²) in [5.41, 5.74) is 0.205. The van der Waals surface area contributed by atoms with Crippen LogP contribution in [0.25, 0.3) is 0 Å². The number of aliphatic carboxylic acids is 1. The van der Waals surface area contributed by atoms with Gasteiger partial charge >= 0.3 is 5.97 Å². The molecule has 22 heavy (non-hydrogen) atoms. The molecule has 4 heterocycles. The number of aromatic nitrogens is 1. The van der Waals surface area contributed by atoms with Crippen LogP contribution in [-0.2, 0) is 14.3 Å². The molecule has 6 heteroatoms. The van der Waals surface area contributed by atoms with Gasteiger partial charge in [0.1, 0.15) is 11.5 Å². The average molecular weight is 300 g/mol. The third-order valence-electron chi connectivity index (χ3n) is 5.07. The van der Waals surface area contributed by atoms with E-state index in [-0.39, 0.29) is 11.9 Å². The summed E-state index contributed by atoms with van der Waals surface area (Å²) in [5.74, 6) is -2.51. The van der Waals surface area contributed by atoms with E-state index < -0.39 is 29.5 Å². The van der Waals surface area contributed by atoms with Gasteiger partial charge in [0.15, 0.2) is 0 Å². The van der Waals surface area contributed by atoms with Crippen molar-refractivity contribution in [2.45, 2.75) is 24.7 Å². The fourth-order valence-electron chi connectivity index (χ4n) is 3.96. The van der Waals surface area contributed by atoms with Crippen molar-refractivity contribution < 1.29 is 19.4 Å². The molecule has 2 saturated heterocycles. The Morgan fingerprint density at radius 1 is 1.50 bits per heavy atom. The fourth-order valence-corrected chi connectivity index (χ4v) is 3.96. The Kier molecular flexibility index (Phi) is 2.69. The molecule has 1 N–H and O–H groups in total. The van der Waals surface area contributed by atoms with Gasteiger partial charge in [-0.15, -0.1) is 0 Å². The summed E-state index contributed by atoms with van der Waals surface area (Å²) >= 11 is 0. The van der Waals surface area contributed by atoms with E-state index >= 15 is 0 Å². The zero-order valence-electron chi connectivity index (χ0n) is 12.0. The van der Waals surface area contributed by atoms with Gasteiger partial charge in [0.25, 0.3) is 0 Å². The Morgan fingerprint density at radius 3 is 2.91 bits per heavy atom. The smallest absolute Gasteiger partial charge is 0.310 e. The SMILES string of the molecule is C[C@H](c1ccncc1)N1C[C@@]23C=C[C@@H](O2)[C@@H](C(=O)O)[C@H]3C1=O. The van der Waals surface area contributed by atoms with Gasteiger partial charge in [0, 0.05) is 12.4 Å². The van der Waals surface area contributed by atoms with Crippen LogP contribution in [0.4, 0.5) is 0 Å². The Labute approximate surface area is 127 Å². The molecule has 0 aliphatic carbocycles. The maximum atomic E-state index is 12.8. The first-order valence-electron chi connectivity index (χ1n) is 7.34. The molecule has 5 atom stereocenters. The fraction of sp³-hybridized carbons (Fsp3) is 0.438. The lowest BCUT2D eigenvalue weighted by Gasteiger charge is -2.27. The number of rotatable bonds is 3. The molecule has 1 spiro atoms. The van der Waals surface area contributed by atoms with E-state index in [4.69, 9.17) is 4.74 Å². The first-order valence-corrected chi connectivity index (χ1v) is 7.34. The van der Waals surface area contributed by atoms with Gasteiger partial charge in [0.2, 0.25) is 5.91 Å². The predicted molar refractivity (Wildman–Crippen MR) is 75.7 cm³/mol. The van der Waals surface area contributed by atoms with Crippen LogP contribution in [0.2, 0.25) is 0 Å². The summed E-state index contributed by atoms with van der Waals surface area (Å²) in [6.45, 7) is 2.34. The number of carbonyl (C=O) groups is 2. The highest BCUT2D eigenvalue weighted by molar-refractivity contribution is 5.91. The van der Waals surface area contributed by atoms with Crippen molar-refractivity contribution in [1.82, 2.24) is 9.88 Å². The van der Waals surface area contributed by atoms with E-state index in [1.54, 1.807) is 23.4 Å². The molecule has 0 saturated carbocycles. The lowest BCUT2D eigenvalue weighted by molar-refractivity contribution is -0.148. The van der Waals surface area contributed by atoms with Crippen LogP contribution < -0.4 is 0 Å². The Hall–Kier alpha value is -2.21. The quantitative estimate of drug-likeness (QED) is 0.843. The van der Waals surface area contributed by atoms with Crippen LogP contribution in [0.5, 0.6) is 0 Å². The summed E-state index contributed by atoms with van der Waals surface area (Å²) in [7, 11) is 0. The second kappa shape index (κ2) is 4.39. The molecule has 3 aliphatic rings. The maximum absolute atomic E-state index is 12.8. The summed E-state index contributed by atoms with van der Waals surface area (Å²) < 4.78 is 5.88. The Bertz CT molecular complexity index is 674. The normalized spacial score (nSPS) is 36.7. The molecular formula is C16H16N2O4. The highest BCUT2D eigenvalue weighted by Crippen LogP contribution is 2.53. The molecule has 2 bridgehead atoms. The van der Waals surface area contributed by atoms with Gasteiger partial charge in [-0.3, -0.25) is 14.6 Å². The number of hydrogen-bond donors (Lipinski definition) is 1. The van der Waals surface area contributed by atoms with E-state index in [1.165, 1.54) is 0 Å². The minimum Gasteiger partial charge on any atom is -0.481 e. The number of carboxylic acid groups (broad SMARTS) is 1. The first-order chi connectivity index (χ1) is 10.5. The molecule has 1 aromatic heterocycles. The molecule has 1 aromatic rings. The molecule has 6 nitrogen and oxygen atoms in total. The molecule has 0 aromatic carbocycles. The standard InChI is InChI=1S/C16H16N2O4/c1-9(10-3-6-17-7-4-10)18-8-16-5-2-11(22-16)12(15(20)21)13(16)14(18)19/h2-7,9,11-13H,8H2,1H3,(H,20,21)/t9-,11-,12-,13+,16-/m1/s1. The van der Waals surface area contributed by atoms with E-state index in [2.05, 4.69) is 4.98 Å². The number of amides is 1. The van der Waals surface area contributed by atoms with Crippen LogP contribution in [0, 0.1) is 11.8 Å². The molecule has 3 aliphatic heterocycles. The number of nitrogens with zero attached hydrogens (tertiary/aromatic N) is 2. The lowest BCUT2D eigenvalue weighted by Crippen LogP contribution is -2.39. The zero-order chi connectivity index (χ0) is 15.5. The van der Waals surface area contributed by atoms with E-state index in [0.29, 0.717) is 6.54 Å². The number of fused-ring (bicyclic) bond motifs is 1. The number of ether oxygens (including phenoxy) is 1. The van der Waals surface area contributed by atoms with Crippen molar-refractivity contribution >= 4 is 11.9 Å². The highest BCUT2D eigenvalue weighted by Gasteiger charge is 2.67. The van der Waals surface area contributed by atoms with Crippen LogP contribution in [0.3, 0.4) is 0 Å². The largest absolute Gasteiger partial charge is 0.481 e. The molecule has 0 unspecified atom stereocenters. The minimum atomic E-state index is -0.965. The zero-order valence-corrected chi connectivity index (χ0v) is 12.0. The van der Waals surface area contributed by atoms with Crippen molar-refractivity contribution in [2.24, 2.45) is 11.8 Å². The van der Waals surface area contributed by atoms with Crippen molar-refractivity contribution in [1.29, 1.82) is 0 Å². The van der Waals surface area contributed by atoms with Gasteiger partial charge in [-0.05, 0) is 24.6 Å². The summed E-state index contributed by atoms with van der Waals surface area (Å²) in [5, 5.41) is 9.45. The van der Waals surface area contributed by atoms with Gasteiger partial charge in [-0.25, -0.2) is 0 Å². The first kappa shape index (κ1) is 13.5. The monoisotopic (exact) mass is 300 g/mol. The molecule has 2 fully saturated rings. The molecule has 4 rings (SSSR count). The third-order valence-corrected chi connectivity index (χ3v) is 5.07. The van der Waals surface area contributed by atoms with Crippen LogP contribution in [0.1, 0.15) is 18.5 Å². The van der Waals surface area contributed by atoms with Crippen molar-refractivity contribution in [3.05, 3.63) is 42.2 Å². The molecule has 114 valence electrons. The van der Waals surface area contributed by atoms with E-state index in [0.717, 1.165) is 5.56 Å². The second-order valence-electron chi connectivity index (χ2n) is 6.16. The third kappa shape index (κ3) is 1.61. The number of carboxylic acids is 1. The number of carbonyl (C=O) groups excluding carboxylic acids is 1. The predicted octanol–water partition coefficient (Wildman–Crippen LogP) is 1.01. The van der Waals surface area contributed by atoms with Crippen LogP contribution >= 0.6 is 0 Å². The highest BCUT2D eigenvalue weighted by atomic mass is 16.5. The van der Waals surface area contributed by atoms with Crippen molar-refractivity contribution in [3.8, 4) is 0 Å². The maximum Gasteiger partial charge on any atom is 0.310 e. The van der Waals surface area contributed by atoms with E-state index in [9.17, 15) is 14.7 Å². The number of pyridine rings is 1. The molecule has 0 radical (unpaired) electrons. The van der Waals surface area contributed by atoms with Gasteiger partial charge < -0.3 is 14.7 Å².